The van der Waals surface area contributed by atoms with Gasteiger partial charge in [-0.2, -0.15) is 13.2 Å². The van der Waals surface area contributed by atoms with E-state index in [0.29, 0.717) is 5.82 Å². The SMILES string of the molecule is CC(C)c1nccn1-c1cc2nc(Cl)c(=O)n(OCc3ccccc3)c2cc1C(F)(F)F. The third-order valence-corrected chi connectivity index (χ3v) is 5.09. The first-order valence-electron chi connectivity index (χ1n) is 9.71. The fourth-order valence-electron chi connectivity index (χ4n) is 3.38. The number of hydrogen-bond donors (Lipinski definition) is 0. The van der Waals surface area contributed by atoms with Crippen molar-refractivity contribution in [2.75, 3.05) is 0 Å². The monoisotopic (exact) mass is 462 g/mol. The van der Waals surface area contributed by atoms with Crippen molar-refractivity contribution in [1.29, 1.82) is 0 Å². The zero-order valence-electron chi connectivity index (χ0n) is 17.1. The normalized spacial score (nSPS) is 12.0. The third-order valence-electron chi connectivity index (χ3n) is 4.85. The van der Waals surface area contributed by atoms with E-state index in [-0.39, 0.29) is 29.2 Å². The van der Waals surface area contributed by atoms with Gasteiger partial charge in [-0.25, -0.2) is 9.97 Å². The quantitative estimate of drug-likeness (QED) is 0.418. The van der Waals surface area contributed by atoms with Crippen molar-refractivity contribution < 1.29 is 18.0 Å². The van der Waals surface area contributed by atoms with Crippen LogP contribution in [0.3, 0.4) is 0 Å². The van der Waals surface area contributed by atoms with Gasteiger partial charge in [-0.1, -0.05) is 55.8 Å². The molecule has 0 N–H and O–H groups in total. The standard InChI is InChI=1S/C22H18ClF3N4O2/c1-13(2)20-27-8-9-29(20)17-11-16-18(10-15(17)22(24,25)26)30(21(31)19(23)28-16)32-12-14-6-4-3-5-7-14/h3-11,13H,12H2,1-2H3. The van der Waals surface area contributed by atoms with Crippen molar-refractivity contribution in [3.05, 3.63) is 87.3 Å². The molecule has 0 amide bonds. The summed E-state index contributed by atoms with van der Waals surface area (Å²) in [6.07, 6.45) is -1.82. The van der Waals surface area contributed by atoms with Crippen molar-refractivity contribution in [2.45, 2.75) is 32.5 Å². The van der Waals surface area contributed by atoms with Crippen LogP contribution in [-0.4, -0.2) is 19.3 Å². The van der Waals surface area contributed by atoms with E-state index >= 15 is 0 Å². The molecule has 4 rings (SSSR count). The highest BCUT2D eigenvalue weighted by Crippen LogP contribution is 2.37. The van der Waals surface area contributed by atoms with E-state index in [1.807, 2.05) is 19.9 Å². The number of alkyl halides is 3. The molecule has 10 heteroatoms. The minimum Gasteiger partial charge on any atom is -0.405 e. The lowest BCUT2D eigenvalue weighted by molar-refractivity contribution is -0.137. The third kappa shape index (κ3) is 4.08. The molecule has 166 valence electrons. The fourth-order valence-corrected chi connectivity index (χ4v) is 3.55. The highest BCUT2D eigenvalue weighted by Gasteiger charge is 2.36. The molecular formula is C22H18ClF3N4O2. The summed E-state index contributed by atoms with van der Waals surface area (Å²) in [6.45, 7) is 3.62. The minimum atomic E-state index is -4.71. The Kier molecular flexibility index (Phi) is 5.68. The second-order valence-electron chi connectivity index (χ2n) is 7.43. The number of benzene rings is 2. The predicted octanol–water partition coefficient (Wildman–Crippen LogP) is 5.01. The fraction of sp³-hybridized carbons (Fsp3) is 0.227. The summed E-state index contributed by atoms with van der Waals surface area (Å²) >= 11 is 6.00. The molecule has 2 aromatic carbocycles. The van der Waals surface area contributed by atoms with Crippen LogP contribution in [0.25, 0.3) is 16.7 Å². The van der Waals surface area contributed by atoms with Gasteiger partial charge in [0.1, 0.15) is 17.9 Å². The molecule has 0 spiro atoms. The number of aromatic nitrogens is 4. The van der Waals surface area contributed by atoms with Gasteiger partial charge in [0.15, 0.2) is 5.15 Å². The summed E-state index contributed by atoms with van der Waals surface area (Å²) in [5.74, 6) is 0.330. The van der Waals surface area contributed by atoms with Gasteiger partial charge in [0.25, 0.3) is 0 Å². The lowest BCUT2D eigenvalue weighted by Gasteiger charge is -2.19. The predicted molar refractivity (Wildman–Crippen MR) is 114 cm³/mol. The Morgan fingerprint density at radius 3 is 2.53 bits per heavy atom. The first kappa shape index (κ1) is 21.9. The van der Waals surface area contributed by atoms with E-state index in [0.717, 1.165) is 16.4 Å². The van der Waals surface area contributed by atoms with Gasteiger partial charge in [-0.05, 0) is 17.7 Å². The summed E-state index contributed by atoms with van der Waals surface area (Å²) in [7, 11) is 0. The van der Waals surface area contributed by atoms with Crippen LogP contribution >= 0.6 is 11.6 Å². The molecule has 0 atom stereocenters. The number of nitrogens with zero attached hydrogens (tertiary/aromatic N) is 4. The van der Waals surface area contributed by atoms with Gasteiger partial charge >= 0.3 is 11.7 Å². The topological polar surface area (TPSA) is 61.9 Å². The smallest absolute Gasteiger partial charge is 0.405 e. The van der Waals surface area contributed by atoms with Crippen LogP contribution in [0.4, 0.5) is 13.2 Å². The Morgan fingerprint density at radius 2 is 1.88 bits per heavy atom. The van der Waals surface area contributed by atoms with Gasteiger partial charge in [-0.15, -0.1) is 4.73 Å². The maximum Gasteiger partial charge on any atom is 0.418 e. The lowest BCUT2D eigenvalue weighted by atomic mass is 10.1. The molecule has 0 bridgehead atoms. The molecule has 2 heterocycles. The molecule has 0 saturated carbocycles. The van der Waals surface area contributed by atoms with Crippen LogP contribution in [0.2, 0.25) is 5.15 Å². The maximum absolute atomic E-state index is 14.1. The van der Waals surface area contributed by atoms with Gasteiger partial charge in [0.2, 0.25) is 0 Å². The molecule has 0 aliphatic rings. The van der Waals surface area contributed by atoms with Crippen molar-refractivity contribution in [3.8, 4) is 5.69 Å². The Hall–Kier alpha value is -3.33. The van der Waals surface area contributed by atoms with Crippen LogP contribution < -0.4 is 10.4 Å². The first-order chi connectivity index (χ1) is 15.2. The van der Waals surface area contributed by atoms with E-state index < -0.39 is 22.5 Å². The number of hydrogen-bond acceptors (Lipinski definition) is 4. The highest BCUT2D eigenvalue weighted by molar-refractivity contribution is 6.29. The molecule has 6 nitrogen and oxygen atoms in total. The highest BCUT2D eigenvalue weighted by atomic mass is 35.5. The van der Waals surface area contributed by atoms with Crippen LogP contribution in [-0.2, 0) is 12.8 Å². The Morgan fingerprint density at radius 1 is 1.16 bits per heavy atom. The number of fused-ring (bicyclic) bond motifs is 1. The minimum absolute atomic E-state index is 0.0433. The van der Waals surface area contributed by atoms with Crippen LogP contribution in [0.1, 0.15) is 36.7 Å². The second kappa shape index (κ2) is 8.31. The number of rotatable bonds is 5. The average Bonchev–Trinajstić information content (AvgIpc) is 3.23. The molecule has 0 aliphatic heterocycles. The molecule has 2 aromatic heterocycles. The Balaban J connectivity index is 1.94. The molecule has 32 heavy (non-hydrogen) atoms. The van der Waals surface area contributed by atoms with Crippen LogP contribution in [0.5, 0.6) is 0 Å². The summed E-state index contributed by atoms with van der Waals surface area (Å²) in [5, 5.41) is -0.411. The largest absolute Gasteiger partial charge is 0.418 e. The summed E-state index contributed by atoms with van der Waals surface area (Å²) in [6, 6.07) is 11.0. The summed E-state index contributed by atoms with van der Waals surface area (Å²) < 4.78 is 44.3. The van der Waals surface area contributed by atoms with E-state index in [9.17, 15) is 18.0 Å². The molecule has 0 fully saturated rings. The number of halogens is 4. The van der Waals surface area contributed by atoms with Crippen LogP contribution in [0, 0.1) is 0 Å². The van der Waals surface area contributed by atoms with Crippen LogP contribution in [0.15, 0.2) is 59.7 Å². The van der Waals surface area contributed by atoms with Crippen molar-refractivity contribution in [1.82, 2.24) is 19.3 Å². The van der Waals surface area contributed by atoms with Crippen molar-refractivity contribution >= 4 is 22.6 Å². The van der Waals surface area contributed by atoms with E-state index in [4.69, 9.17) is 16.4 Å². The van der Waals surface area contributed by atoms with E-state index in [2.05, 4.69) is 9.97 Å². The summed E-state index contributed by atoms with van der Waals surface area (Å²) in [4.78, 5) is 26.3. The van der Waals surface area contributed by atoms with Crippen molar-refractivity contribution in [3.63, 3.8) is 0 Å². The van der Waals surface area contributed by atoms with Gasteiger partial charge < -0.3 is 9.40 Å². The molecule has 0 radical (unpaired) electrons. The van der Waals surface area contributed by atoms with Crippen molar-refractivity contribution in [2.24, 2.45) is 0 Å². The molecule has 4 aromatic rings. The number of imidazole rings is 1. The first-order valence-corrected chi connectivity index (χ1v) is 10.1. The average molecular weight is 463 g/mol. The van der Waals surface area contributed by atoms with E-state index in [1.165, 1.54) is 23.0 Å². The van der Waals surface area contributed by atoms with Gasteiger partial charge in [-0.3, -0.25) is 4.79 Å². The zero-order valence-corrected chi connectivity index (χ0v) is 17.9. The Labute approximate surface area is 185 Å². The van der Waals surface area contributed by atoms with E-state index in [1.54, 1.807) is 24.3 Å². The maximum atomic E-state index is 14.1. The molecule has 0 saturated heterocycles. The van der Waals surface area contributed by atoms with Gasteiger partial charge in [0, 0.05) is 18.3 Å². The lowest BCUT2D eigenvalue weighted by Crippen LogP contribution is -2.29. The molecular weight excluding hydrogens is 445 g/mol. The van der Waals surface area contributed by atoms with Gasteiger partial charge in [0.05, 0.1) is 16.8 Å². The molecule has 0 unspecified atom stereocenters. The second-order valence-corrected chi connectivity index (χ2v) is 7.79. The Bertz CT molecular complexity index is 1330. The zero-order chi connectivity index (χ0) is 23.0. The summed E-state index contributed by atoms with van der Waals surface area (Å²) in [5.41, 5.74) is -1.30. The molecule has 0 aliphatic carbocycles.